The molecule has 0 unspecified atom stereocenters. The van der Waals surface area contributed by atoms with Crippen LogP contribution in [0.1, 0.15) is 24.9 Å². The molecule has 88 valence electrons. The maximum Gasteiger partial charge on any atom is 0.0453 e. The van der Waals surface area contributed by atoms with Gasteiger partial charge in [-0.3, -0.25) is 4.90 Å². The van der Waals surface area contributed by atoms with Gasteiger partial charge in [-0.1, -0.05) is 36.7 Å². The van der Waals surface area contributed by atoms with Crippen LogP contribution in [-0.4, -0.2) is 31.1 Å². The number of nitrogens with zero attached hydrogens (tertiary/aromatic N) is 1. The molecule has 0 bridgehead atoms. The van der Waals surface area contributed by atoms with E-state index in [4.69, 9.17) is 11.6 Å². The molecule has 0 spiro atoms. The number of halogens is 1. The fraction of sp³-hybridized carbons (Fsp3) is 0.538. The van der Waals surface area contributed by atoms with Crippen molar-refractivity contribution in [1.29, 1.82) is 0 Å². The fourth-order valence-corrected chi connectivity index (χ4v) is 2.68. The minimum Gasteiger partial charge on any atom is -0.314 e. The Labute approximate surface area is 103 Å². The minimum absolute atomic E-state index is 0.468. The molecule has 1 fully saturated rings. The van der Waals surface area contributed by atoms with Gasteiger partial charge in [-0.2, -0.15) is 0 Å². The van der Waals surface area contributed by atoms with Crippen molar-refractivity contribution in [2.75, 3.05) is 26.2 Å². The molecule has 2 nitrogen and oxygen atoms in total. The zero-order valence-corrected chi connectivity index (χ0v) is 10.5. The van der Waals surface area contributed by atoms with E-state index in [0.717, 1.165) is 37.6 Å². The molecule has 1 atom stereocenters. The van der Waals surface area contributed by atoms with Gasteiger partial charge in [-0.25, -0.2) is 0 Å². The van der Waals surface area contributed by atoms with Crippen molar-refractivity contribution < 1.29 is 0 Å². The fourth-order valence-electron chi connectivity index (χ4n) is 2.41. The maximum atomic E-state index is 6.27. The molecule has 16 heavy (non-hydrogen) atoms. The molecule has 0 saturated carbocycles. The predicted octanol–water partition coefficient (Wildman–Crippen LogP) is 2.70. The minimum atomic E-state index is 0.468. The molecule has 1 aromatic carbocycles. The van der Waals surface area contributed by atoms with E-state index >= 15 is 0 Å². The van der Waals surface area contributed by atoms with E-state index in [2.05, 4.69) is 29.3 Å². The van der Waals surface area contributed by atoms with Crippen LogP contribution in [0.5, 0.6) is 0 Å². The molecule has 0 aromatic heterocycles. The Morgan fingerprint density at radius 1 is 1.31 bits per heavy atom. The SMILES string of the molecule is CC[C@@H](c1ccccc1Cl)N1CCNCC1. The van der Waals surface area contributed by atoms with Crippen LogP contribution in [0.4, 0.5) is 0 Å². The molecule has 1 saturated heterocycles. The maximum absolute atomic E-state index is 6.27. The van der Waals surface area contributed by atoms with Crippen molar-refractivity contribution in [3.8, 4) is 0 Å². The van der Waals surface area contributed by atoms with Crippen LogP contribution in [0.25, 0.3) is 0 Å². The summed E-state index contributed by atoms with van der Waals surface area (Å²) in [7, 11) is 0. The normalized spacial score (nSPS) is 19.6. The van der Waals surface area contributed by atoms with Crippen molar-refractivity contribution in [3.63, 3.8) is 0 Å². The van der Waals surface area contributed by atoms with E-state index in [9.17, 15) is 0 Å². The molecule has 1 aliphatic heterocycles. The third-order valence-electron chi connectivity index (χ3n) is 3.24. The second-order valence-corrected chi connectivity index (χ2v) is 4.64. The third kappa shape index (κ3) is 2.57. The van der Waals surface area contributed by atoms with Crippen LogP contribution in [0, 0.1) is 0 Å². The summed E-state index contributed by atoms with van der Waals surface area (Å²) >= 11 is 6.27. The summed E-state index contributed by atoms with van der Waals surface area (Å²) in [6.45, 7) is 6.63. The van der Waals surface area contributed by atoms with Crippen LogP contribution in [0.2, 0.25) is 5.02 Å². The quantitative estimate of drug-likeness (QED) is 0.871. The van der Waals surface area contributed by atoms with Gasteiger partial charge in [0.2, 0.25) is 0 Å². The van der Waals surface area contributed by atoms with Crippen LogP contribution in [0.15, 0.2) is 24.3 Å². The van der Waals surface area contributed by atoms with Crippen LogP contribution < -0.4 is 5.32 Å². The van der Waals surface area contributed by atoms with Gasteiger partial charge >= 0.3 is 0 Å². The average molecular weight is 239 g/mol. The van der Waals surface area contributed by atoms with Gasteiger partial charge in [0.1, 0.15) is 0 Å². The number of benzene rings is 1. The van der Waals surface area contributed by atoms with Gasteiger partial charge < -0.3 is 5.32 Å². The van der Waals surface area contributed by atoms with Gasteiger partial charge in [-0.15, -0.1) is 0 Å². The highest BCUT2D eigenvalue weighted by Gasteiger charge is 2.21. The van der Waals surface area contributed by atoms with Gasteiger partial charge in [0.05, 0.1) is 0 Å². The largest absolute Gasteiger partial charge is 0.314 e. The molecule has 1 aromatic rings. The highest BCUT2D eigenvalue weighted by molar-refractivity contribution is 6.31. The van der Waals surface area contributed by atoms with E-state index in [-0.39, 0.29) is 0 Å². The summed E-state index contributed by atoms with van der Waals surface area (Å²) in [6.07, 6.45) is 1.11. The van der Waals surface area contributed by atoms with Crippen LogP contribution >= 0.6 is 11.6 Å². The smallest absolute Gasteiger partial charge is 0.0453 e. The molecule has 0 aliphatic carbocycles. The van der Waals surface area contributed by atoms with E-state index in [1.807, 2.05) is 12.1 Å². The molecule has 2 rings (SSSR count). The lowest BCUT2D eigenvalue weighted by molar-refractivity contribution is 0.169. The monoisotopic (exact) mass is 238 g/mol. The van der Waals surface area contributed by atoms with Gasteiger partial charge in [-0.05, 0) is 18.1 Å². The lowest BCUT2D eigenvalue weighted by Gasteiger charge is -2.35. The Bertz CT molecular complexity index is 334. The highest BCUT2D eigenvalue weighted by Crippen LogP contribution is 2.29. The summed E-state index contributed by atoms with van der Waals surface area (Å²) < 4.78 is 0. The lowest BCUT2D eigenvalue weighted by Crippen LogP contribution is -2.45. The lowest BCUT2D eigenvalue weighted by atomic mass is 10.0. The van der Waals surface area contributed by atoms with Crippen molar-refractivity contribution in [3.05, 3.63) is 34.9 Å². The van der Waals surface area contributed by atoms with E-state index in [0.29, 0.717) is 6.04 Å². The number of piperazine rings is 1. The molecular weight excluding hydrogens is 220 g/mol. The third-order valence-corrected chi connectivity index (χ3v) is 3.59. The predicted molar refractivity (Wildman–Crippen MR) is 68.9 cm³/mol. The van der Waals surface area contributed by atoms with Gasteiger partial charge in [0, 0.05) is 37.2 Å². The van der Waals surface area contributed by atoms with Crippen LogP contribution in [0.3, 0.4) is 0 Å². The van der Waals surface area contributed by atoms with E-state index in [1.54, 1.807) is 0 Å². The Hall–Kier alpha value is -0.570. The summed E-state index contributed by atoms with van der Waals surface area (Å²) in [4.78, 5) is 2.53. The first kappa shape index (κ1) is 11.9. The Morgan fingerprint density at radius 2 is 2.00 bits per heavy atom. The molecule has 1 heterocycles. The standard InChI is InChI=1S/C13H19ClN2/c1-2-13(16-9-7-15-8-10-16)11-5-3-4-6-12(11)14/h3-6,13,15H,2,7-10H2,1H3/t13-/m0/s1. The first-order valence-electron chi connectivity index (χ1n) is 6.02. The van der Waals surface area contributed by atoms with Crippen molar-refractivity contribution in [2.45, 2.75) is 19.4 Å². The second kappa shape index (κ2) is 5.67. The summed E-state index contributed by atoms with van der Waals surface area (Å²) in [6, 6.07) is 8.68. The van der Waals surface area contributed by atoms with Crippen molar-refractivity contribution >= 4 is 11.6 Å². The highest BCUT2D eigenvalue weighted by atomic mass is 35.5. The van der Waals surface area contributed by atoms with Crippen molar-refractivity contribution in [2.24, 2.45) is 0 Å². The summed E-state index contributed by atoms with van der Waals surface area (Å²) in [5, 5.41) is 4.28. The molecule has 0 radical (unpaired) electrons. The topological polar surface area (TPSA) is 15.3 Å². The zero-order valence-electron chi connectivity index (χ0n) is 9.75. The number of hydrogen-bond donors (Lipinski definition) is 1. The molecule has 1 N–H and O–H groups in total. The molecular formula is C13H19ClN2. The van der Waals surface area contributed by atoms with Gasteiger partial charge in [0.25, 0.3) is 0 Å². The Balaban J connectivity index is 2.18. The van der Waals surface area contributed by atoms with Gasteiger partial charge in [0.15, 0.2) is 0 Å². The molecule has 1 aliphatic rings. The summed E-state index contributed by atoms with van der Waals surface area (Å²) in [5.74, 6) is 0. The first-order chi connectivity index (χ1) is 7.83. The Kier molecular flexibility index (Phi) is 4.22. The van der Waals surface area contributed by atoms with E-state index in [1.165, 1.54) is 5.56 Å². The average Bonchev–Trinajstić information content (AvgIpc) is 2.34. The summed E-state index contributed by atoms with van der Waals surface area (Å²) in [5.41, 5.74) is 1.27. The van der Waals surface area contributed by atoms with E-state index < -0.39 is 0 Å². The zero-order chi connectivity index (χ0) is 11.4. The number of rotatable bonds is 3. The molecule has 0 amide bonds. The second-order valence-electron chi connectivity index (χ2n) is 4.23. The Morgan fingerprint density at radius 3 is 2.62 bits per heavy atom. The number of hydrogen-bond acceptors (Lipinski definition) is 2. The van der Waals surface area contributed by atoms with Crippen LogP contribution in [-0.2, 0) is 0 Å². The van der Waals surface area contributed by atoms with Crippen molar-refractivity contribution in [1.82, 2.24) is 10.2 Å². The first-order valence-corrected chi connectivity index (χ1v) is 6.40. The molecule has 3 heteroatoms. The number of nitrogens with one attached hydrogen (secondary N) is 1.